The van der Waals surface area contributed by atoms with E-state index in [-0.39, 0.29) is 12.5 Å². The van der Waals surface area contributed by atoms with E-state index < -0.39 is 0 Å². The van der Waals surface area contributed by atoms with Gasteiger partial charge >= 0.3 is 0 Å². The molecule has 1 aliphatic rings. The Morgan fingerprint density at radius 2 is 2.05 bits per heavy atom. The summed E-state index contributed by atoms with van der Waals surface area (Å²) in [6.07, 6.45) is 0.907. The average Bonchev–Trinajstić information content (AvgIpc) is 2.88. The molecule has 104 valence electrons. The molecular formula is C17H17BrO2. The van der Waals surface area contributed by atoms with Crippen molar-refractivity contribution in [2.24, 2.45) is 0 Å². The molecule has 0 fully saturated rings. The van der Waals surface area contributed by atoms with Crippen LogP contribution in [-0.4, -0.2) is 18.3 Å². The van der Waals surface area contributed by atoms with Crippen LogP contribution in [0.3, 0.4) is 0 Å². The molecule has 2 aromatic carbocycles. The van der Waals surface area contributed by atoms with Gasteiger partial charge in [-0.15, -0.1) is 0 Å². The van der Waals surface area contributed by atoms with Crippen LogP contribution in [0.5, 0.6) is 5.75 Å². The highest BCUT2D eigenvalue weighted by molar-refractivity contribution is 9.10. The molecule has 0 bridgehead atoms. The van der Waals surface area contributed by atoms with Crippen molar-refractivity contribution < 1.29 is 9.84 Å². The minimum absolute atomic E-state index is 0.146. The van der Waals surface area contributed by atoms with Crippen molar-refractivity contribution in [1.82, 2.24) is 0 Å². The van der Waals surface area contributed by atoms with Gasteiger partial charge in [0.1, 0.15) is 5.75 Å². The fraction of sp³-hybridized carbons (Fsp3) is 0.294. The summed E-state index contributed by atoms with van der Waals surface area (Å²) in [6.45, 7) is 0.874. The van der Waals surface area contributed by atoms with E-state index in [1.54, 1.807) is 0 Å². The lowest BCUT2D eigenvalue weighted by molar-refractivity contribution is 0.243. The molecule has 0 saturated heterocycles. The molecule has 0 aliphatic carbocycles. The predicted octanol–water partition coefficient (Wildman–Crippen LogP) is 4.09. The monoisotopic (exact) mass is 332 g/mol. The number of hydrogen-bond acceptors (Lipinski definition) is 2. The van der Waals surface area contributed by atoms with Gasteiger partial charge in [0.2, 0.25) is 0 Å². The molecule has 1 heterocycles. The number of aliphatic hydroxyl groups is 1. The highest BCUT2D eigenvalue weighted by Crippen LogP contribution is 2.39. The van der Waals surface area contributed by atoms with E-state index in [0.29, 0.717) is 12.5 Å². The summed E-state index contributed by atoms with van der Waals surface area (Å²) in [7, 11) is 0. The van der Waals surface area contributed by atoms with Gasteiger partial charge in [0.25, 0.3) is 0 Å². The van der Waals surface area contributed by atoms with Crippen LogP contribution in [0.4, 0.5) is 0 Å². The van der Waals surface area contributed by atoms with Gasteiger partial charge in [-0.25, -0.2) is 0 Å². The second-order valence-electron chi connectivity index (χ2n) is 5.22. The van der Waals surface area contributed by atoms with Crippen molar-refractivity contribution in [1.29, 1.82) is 0 Å². The van der Waals surface area contributed by atoms with Crippen molar-refractivity contribution in [2.45, 2.75) is 18.3 Å². The number of fused-ring (bicyclic) bond motifs is 1. The van der Waals surface area contributed by atoms with E-state index in [0.717, 1.165) is 16.6 Å². The molecule has 0 spiro atoms. The van der Waals surface area contributed by atoms with Crippen molar-refractivity contribution in [3.8, 4) is 5.75 Å². The van der Waals surface area contributed by atoms with E-state index in [1.807, 2.05) is 30.3 Å². The van der Waals surface area contributed by atoms with Crippen LogP contribution in [0.1, 0.15) is 29.4 Å². The van der Waals surface area contributed by atoms with Gasteiger partial charge in [-0.05, 0) is 30.2 Å². The summed E-state index contributed by atoms with van der Waals surface area (Å²) in [5.74, 6) is 1.50. The van der Waals surface area contributed by atoms with E-state index in [1.165, 1.54) is 11.1 Å². The third-order valence-corrected chi connectivity index (χ3v) is 4.40. The van der Waals surface area contributed by atoms with Crippen molar-refractivity contribution in [3.63, 3.8) is 0 Å². The molecule has 2 atom stereocenters. The number of aliphatic hydroxyl groups excluding tert-OH is 1. The highest BCUT2D eigenvalue weighted by Gasteiger charge is 2.27. The number of benzene rings is 2. The minimum Gasteiger partial charge on any atom is -0.493 e. The Bertz CT molecular complexity index is 597. The smallest absolute Gasteiger partial charge is 0.122 e. The predicted molar refractivity (Wildman–Crippen MR) is 83.3 cm³/mol. The molecule has 0 saturated carbocycles. The Hall–Kier alpha value is -1.32. The summed E-state index contributed by atoms with van der Waals surface area (Å²) >= 11 is 3.49. The van der Waals surface area contributed by atoms with Gasteiger partial charge in [-0.2, -0.15) is 0 Å². The third-order valence-electron chi connectivity index (χ3n) is 3.91. The van der Waals surface area contributed by atoms with Crippen LogP contribution in [0.25, 0.3) is 0 Å². The summed E-state index contributed by atoms with van der Waals surface area (Å²) in [5.41, 5.74) is 2.44. The highest BCUT2D eigenvalue weighted by atomic mass is 79.9. The van der Waals surface area contributed by atoms with Crippen LogP contribution in [0.2, 0.25) is 0 Å². The number of rotatable bonds is 4. The fourth-order valence-corrected chi connectivity index (χ4v) is 3.26. The second kappa shape index (κ2) is 5.98. The van der Waals surface area contributed by atoms with Crippen LogP contribution in [0, 0.1) is 0 Å². The normalized spacial score (nSPS) is 18.4. The Kier molecular flexibility index (Phi) is 4.08. The van der Waals surface area contributed by atoms with Crippen molar-refractivity contribution in [3.05, 3.63) is 64.1 Å². The molecule has 0 aromatic heterocycles. The molecule has 2 unspecified atom stereocenters. The lowest BCUT2D eigenvalue weighted by Crippen LogP contribution is -2.11. The first-order valence-corrected chi connectivity index (χ1v) is 7.65. The number of hydrogen-bond donors (Lipinski definition) is 1. The van der Waals surface area contributed by atoms with Gasteiger partial charge < -0.3 is 9.84 Å². The van der Waals surface area contributed by atoms with E-state index in [4.69, 9.17) is 4.74 Å². The summed E-state index contributed by atoms with van der Waals surface area (Å²) < 4.78 is 6.78. The largest absolute Gasteiger partial charge is 0.493 e. The number of para-hydroxylation sites is 1. The quantitative estimate of drug-likeness (QED) is 0.913. The molecule has 3 rings (SSSR count). The standard InChI is InChI=1S/C17H17BrO2/c18-15-5-3-4-12(9-15)13(10-19)8-14-11-20-17-7-2-1-6-16(14)17/h1-7,9,13-14,19H,8,10-11H2. The van der Waals surface area contributed by atoms with E-state index in [2.05, 4.69) is 34.1 Å². The molecule has 20 heavy (non-hydrogen) atoms. The zero-order valence-electron chi connectivity index (χ0n) is 11.1. The topological polar surface area (TPSA) is 29.5 Å². The molecular weight excluding hydrogens is 316 g/mol. The molecule has 1 N–H and O–H groups in total. The van der Waals surface area contributed by atoms with Crippen molar-refractivity contribution in [2.75, 3.05) is 13.2 Å². The maximum absolute atomic E-state index is 9.72. The lowest BCUT2D eigenvalue weighted by Gasteiger charge is -2.18. The first-order valence-electron chi connectivity index (χ1n) is 6.86. The Morgan fingerprint density at radius 1 is 1.20 bits per heavy atom. The second-order valence-corrected chi connectivity index (χ2v) is 6.13. The molecule has 2 aromatic rings. The zero-order chi connectivity index (χ0) is 13.9. The first kappa shape index (κ1) is 13.7. The Balaban J connectivity index is 1.80. The Labute approximate surface area is 127 Å². The van der Waals surface area contributed by atoms with Crippen LogP contribution in [-0.2, 0) is 0 Å². The lowest BCUT2D eigenvalue weighted by atomic mass is 9.86. The van der Waals surface area contributed by atoms with Crippen LogP contribution in [0.15, 0.2) is 53.0 Å². The van der Waals surface area contributed by atoms with Gasteiger partial charge in [-0.3, -0.25) is 0 Å². The summed E-state index contributed by atoms with van der Waals surface area (Å²) in [4.78, 5) is 0. The maximum atomic E-state index is 9.72. The summed E-state index contributed by atoms with van der Waals surface area (Å²) in [5, 5.41) is 9.72. The van der Waals surface area contributed by atoms with E-state index >= 15 is 0 Å². The van der Waals surface area contributed by atoms with Gasteiger partial charge in [-0.1, -0.05) is 46.3 Å². The number of ether oxygens (including phenoxy) is 1. The Morgan fingerprint density at radius 3 is 2.85 bits per heavy atom. The third kappa shape index (κ3) is 2.74. The molecule has 0 amide bonds. The fourth-order valence-electron chi connectivity index (χ4n) is 2.84. The van der Waals surface area contributed by atoms with Gasteiger partial charge in [0.05, 0.1) is 6.61 Å². The van der Waals surface area contributed by atoms with E-state index in [9.17, 15) is 5.11 Å². The van der Waals surface area contributed by atoms with Crippen molar-refractivity contribution >= 4 is 15.9 Å². The zero-order valence-corrected chi connectivity index (χ0v) is 12.7. The van der Waals surface area contributed by atoms with Gasteiger partial charge in [0.15, 0.2) is 0 Å². The molecule has 0 radical (unpaired) electrons. The molecule has 1 aliphatic heterocycles. The maximum Gasteiger partial charge on any atom is 0.122 e. The van der Waals surface area contributed by atoms with Gasteiger partial charge in [0, 0.05) is 28.5 Å². The molecule has 2 nitrogen and oxygen atoms in total. The molecule has 3 heteroatoms. The first-order chi connectivity index (χ1) is 9.78. The number of halogens is 1. The SMILES string of the molecule is OCC(CC1COc2ccccc21)c1cccc(Br)c1. The van der Waals surface area contributed by atoms with Crippen LogP contribution < -0.4 is 4.74 Å². The average molecular weight is 333 g/mol. The minimum atomic E-state index is 0.146. The summed E-state index contributed by atoms with van der Waals surface area (Å²) in [6, 6.07) is 16.4. The van der Waals surface area contributed by atoms with Crippen LogP contribution >= 0.6 is 15.9 Å².